The fourth-order valence-electron chi connectivity index (χ4n) is 2.46. The molecule has 1 atom stereocenters. The summed E-state index contributed by atoms with van der Waals surface area (Å²) < 4.78 is 0. The van der Waals surface area contributed by atoms with E-state index in [1.54, 1.807) is 12.3 Å². The van der Waals surface area contributed by atoms with Crippen LogP contribution < -0.4 is 11.1 Å². The highest BCUT2D eigenvalue weighted by Crippen LogP contribution is 2.32. The molecule has 3 N–H and O–H groups in total. The fraction of sp³-hybridized carbons (Fsp3) is 0.143. The van der Waals surface area contributed by atoms with Crippen molar-refractivity contribution in [2.45, 2.75) is 12.6 Å². The Morgan fingerprint density at radius 1 is 1.33 bits per heavy atom. The minimum absolute atomic E-state index is 0.0907. The fourth-order valence-corrected chi connectivity index (χ4v) is 2.46. The first-order valence-corrected chi connectivity index (χ1v) is 5.82. The van der Waals surface area contributed by atoms with Crippen molar-refractivity contribution >= 4 is 5.91 Å². The summed E-state index contributed by atoms with van der Waals surface area (Å²) in [5, 5.41) is 3.39. The van der Waals surface area contributed by atoms with Crippen LogP contribution in [-0.2, 0) is 6.54 Å². The second kappa shape index (κ2) is 4.23. The van der Waals surface area contributed by atoms with Crippen LogP contribution in [0.1, 0.15) is 33.1 Å². The Kier molecular flexibility index (Phi) is 2.57. The molecule has 0 saturated heterocycles. The molecule has 2 aromatic rings. The van der Waals surface area contributed by atoms with Gasteiger partial charge in [0.15, 0.2) is 0 Å². The molecular formula is C14H13N3O. The Bertz CT molecular complexity index is 595. The number of carbonyl (C=O) groups excluding carboxylic acids is 1. The molecule has 4 heteroatoms. The summed E-state index contributed by atoms with van der Waals surface area (Å²) in [7, 11) is 0. The molecule has 0 aliphatic carbocycles. The third-order valence-electron chi connectivity index (χ3n) is 3.29. The smallest absolute Gasteiger partial charge is 0.249 e. The molecule has 3 rings (SSSR count). The van der Waals surface area contributed by atoms with Gasteiger partial charge in [0.2, 0.25) is 5.91 Å². The molecule has 1 unspecified atom stereocenters. The number of aromatic nitrogens is 1. The molecule has 1 aliphatic rings. The van der Waals surface area contributed by atoms with Crippen LogP contribution in [0.15, 0.2) is 42.7 Å². The Labute approximate surface area is 105 Å². The van der Waals surface area contributed by atoms with Crippen molar-refractivity contribution in [3.8, 4) is 0 Å². The van der Waals surface area contributed by atoms with Crippen molar-refractivity contribution in [2.24, 2.45) is 5.73 Å². The van der Waals surface area contributed by atoms with Gasteiger partial charge < -0.3 is 11.1 Å². The lowest BCUT2D eigenvalue weighted by atomic mass is 9.96. The van der Waals surface area contributed by atoms with Gasteiger partial charge >= 0.3 is 0 Å². The Morgan fingerprint density at radius 3 is 2.94 bits per heavy atom. The number of amides is 1. The molecule has 0 bridgehead atoms. The molecule has 18 heavy (non-hydrogen) atoms. The van der Waals surface area contributed by atoms with Gasteiger partial charge in [0.05, 0.1) is 6.04 Å². The number of hydrogen-bond acceptors (Lipinski definition) is 3. The van der Waals surface area contributed by atoms with Crippen LogP contribution in [0.25, 0.3) is 0 Å². The molecule has 1 aromatic heterocycles. The number of nitrogens with zero attached hydrogens (tertiary/aromatic N) is 1. The second-order valence-electron chi connectivity index (χ2n) is 4.34. The van der Waals surface area contributed by atoms with Gasteiger partial charge in [0.25, 0.3) is 0 Å². The van der Waals surface area contributed by atoms with Crippen LogP contribution >= 0.6 is 0 Å². The molecule has 1 amide bonds. The van der Waals surface area contributed by atoms with E-state index in [0.29, 0.717) is 12.1 Å². The third-order valence-corrected chi connectivity index (χ3v) is 3.29. The zero-order valence-electron chi connectivity index (χ0n) is 9.76. The first-order chi connectivity index (χ1) is 8.77. The highest BCUT2D eigenvalue weighted by atomic mass is 16.1. The first-order valence-electron chi connectivity index (χ1n) is 5.82. The van der Waals surface area contributed by atoms with Crippen molar-refractivity contribution in [1.82, 2.24) is 10.3 Å². The number of primary amides is 1. The summed E-state index contributed by atoms with van der Waals surface area (Å²) in [6.07, 6.45) is 3.59. The molecule has 90 valence electrons. The number of nitrogens with one attached hydrogen (secondary N) is 1. The molecule has 0 radical (unpaired) electrons. The average Bonchev–Trinajstić information content (AvgIpc) is 2.83. The number of pyridine rings is 1. The van der Waals surface area contributed by atoms with Gasteiger partial charge in [-0.15, -0.1) is 0 Å². The van der Waals surface area contributed by atoms with E-state index in [1.165, 1.54) is 0 Å². The van der Waals surface area contributed by atoms with Gasteiger partial charge in [-0.1, -0.05) is 18.2 Å². The number of carbonyl (C=O) groups is 1. The Hall–Kier alpha value is -2.20. The van der Waals surface area contributed by atoms with Gasteiger partial charge in [-0.05, 0) is 28.8 Å². The summed E-state index contributed by atoms with van der Waals surface area (Å²) in [5.74, 6) is -0.375. The van der Waals surface area contributed by atoms with Crippen molar-refractivity contribution in [1.29, 1.82) is 0 Å². The highest BCUT2D eigenvalue weighted by Gasteiger charge is 2.26. The number of nitrogens with two attached hydrogens (primary N) is 1. The van der Waals surface area contributed by atoms with E-state index in [4.69, 9.17) is 5.73 Å². The van der Waals surface area contributed by atoms with Gasteiger partial charge in [-0.3, -0.25) is 9.78 Å². The van der Waals surface area contributed by atoms with E-state index in [9.17, 15) is 4.79 Å². The quantitative estimate of drug-likeness (QED) is 0.831. The largest absolute Gasteiger partial charge is 0.366 e. The van der Waals surface area contributed by atoms with Crippen LogP contribution in [0.3, 0.4) is 0 Å². The molecule has 0 fully saturated rings. The number of benzene rings is 1. The highest BCUT2D eigenvalue weighted by molar-refractivity contribution is 5.95. The Morgan fingerprint density at radius 2 is 2.22 bits per heavy atom. The van der Waals surface area contributed by atoms with Gasteiger partial charge in [-0.25, -0.2) is 0 Å². The lowest BCUT2D eigenvalue weighted by molar-refractivity contribution is 0.0999. The Balaban J connectivity index is 2.08. The molecule has 0 spiro atoms. The van der Waals surface area contributed by atoms with Crippen molar-refractivity contribution in [3.63, 3.8) is 0 Å². The van der Waals surface area contributed by atoms with Crippen molar-refractivity contribution < 1.29 is 4.79 Å². The molecule has 4 nitrogen and oxygen atoms in total. The zero-order chi connectivity index (χ0) is 12.5. The maximum absolute atomic E-state index is 11.4. The van der Waals surface area contributed by atoms with Crippen LogP contribution in [0.4, 0.5) is 0 Å². The summed E-state index contributed by atoms with van der Waals surface area (Å²) >= 11 is 0. The molecule has 1 aromatic carbocycles. The number of fused-ring (bicyclic) bond motifs is 1. The predicted molar refractivity (Wildman–Crippen MR) is 67.9 cm³/mol. The molecule has 1 aliphatic heterocycles. The van der Waals surface area contributed by atoms with Gasteiger partial charge in [0.1, 0.15) is 0 Å². The number of rotatable bonds is 2. The minimum Gasteiger partial charge on any atom is -0.366 e. The topological polar surface area (TPSA) is 68.0 Å². The predicted octanol–water partition coefficient (Wildman–Crippen LogP) is 1.37. The zero-order valence-corrected chi connectivity index (χ0v) is 9.76. The van der Waals surface area contributed by atoms with Gasteiger partial charge in [-0.2, -0.15) is 0 Å². The van der Waals surface area contributed by atoms with Gasteiger partial charge in [0, 0.05) is 24.5 Å². The maximum atomic E-state index is 11.4. The maximum Gasteiger partial charge on any atom is 0.249 e. The van der Waals surface area contributed by atoms with E-state index in [2.05, 4.69) is 10.3 Å². The third kappa shape index (κ3) is 1.67. The molecule has 2 heterocycles. The summed E-state index contributed by atoms with van der Waals surface area (Å²) in [6.45, 7) is 0.661. The lowest BCUT2D eigenvalue weighted by Gasteiger charge is -2.12. The standard InChI is InChI=1S/C14H13N3O/c15-14(18)11-5-1-4-10-12(11)8-17-13(10)9-3-2-6-16-7-9/h1-7,13,17H,8H2,(H2,15,18). The molecular weight excluding hydrogens is 226 g/mol. The second-order valence-corrected chi connectivity index (χ2v) is 4.34. The average molecular weight is 239 g/mol. The van der Waals surface area contributed by atoms with Crippen LogP contribution in [0.2, 0.25) is 0 Å². The summed E-state index contributed by atoms with van der Waals surface area (Å²) in [4.78, 5) is 15.5. The summed E-state index contributed by atoms with van der Waals surface area (Å²) in [6, 6.07) is 9.69. The monoisotopic (exact) mass is 239 g/mol. The van der Waals surface area contributed by atoms with Crippen LogP contribution in [0.5, 0.6) is 0 Å². The molecule has 0 saturated carbocycles. The van der Waals surface area contributed by atoms with Crippen LogP contribution in [0, 0.1) is 0 Å². The van der Waals surface area contributed by atoms with E-state index in [0.717, 1.165) is 16.7 Å². The summed E-state index contributed by atoms with van der Waals surface area (Å²) in [5.41, 5.74) is 9.20. The normalized spacial score (nSPS) is 17.4. The SMILES string of the molecule is NC(=O)c1cccc2c1CNC2c1cccnc1. The van der Waals surface area contributed by atoms with E-state index >= 15 is 0 Å². The minimum atomic E-state index is -0.375. The number of hydrogen-bond donors (Lipinski definition) is 2. The lowest BCUT2D eigenvalue weighted by Crippen LogP contribution is -2.14. The first kappa shape index (κ1) is 10.9. The van der Waals surface area contributed by atoms with Crippen molar-refractivity contribution in [3.05, 3.63) is 65.0 Å². The van der Waals surface area contributed by atoms with E-state index < -0.39 is 0 Å². The van der Waals surface area contributed by atoms with E-state index in [-0.39, 0.29) is 11.9 Å². The van der Waals surface area contributed by atoms with E-state index in [1.807, 2.05) is 30.5 Å². The van der Waals surface area contributed by atoms with Crippen molar-refractivity contribution in [2.75, 3.05) is 0 Å². The van der Waals surface area contributed by atoms with Crippen LogP contribution in [-0.4, -0.2) is 10.9 Å².